The zero-order chi connectivity index (χ0) is 14.8. The largest absolute Gasteiger partial charge is 0.299 e. The Hall–Kier alpha value is 0.0500. The van der Waals surface area contributed by atoms with Crippen molar-refractivity contribution >= 4 is 37.3 Å². The molecule has 2 rings (SSSR count). The number of hydrogen-bond donors (Lipinski definition) is 1. The Morgan fingerprint density at radius 3 is 2.60 bits per heavy atom. The van der Waals surface area contributed by atoms with Crippen molar-refractivity contribution in [3.63, 3.8) is 0 Å². The molecule has 1 saturated heterocycles. The van der Waals surface area contributed by atoms with E-state index >= 15 is 0 Å². The summed E-state index contributed by atoms with van der Waals surface area (Å²) in [6, 6.07) is 1.96. The lowest BCUT2D eigenvalue weighted by Crippen LogP contribution is -2.44. The standard InChI is InChI=1S/C13H21BrN2O2S2/c1-10-8-12(19-13(10)14)20(17,18)15-9-11(2)16-6-4-3-5-7-16/h8,11,15H,3-7,9H2,1-2H3. The molecule has 0 spiro atoms. The minimum absolute atomic E-state index is 0.245. The fourth-order valence-corrected chi connectivity index (χ4v) is 5.75. The van der Waals surface area contributed by atoms with Gasteiger partial charge in [0.05, 0.1) is 3.79 Å². The summed E-state index contributed by atoms with van der Waals surface area (Å²) in [5, 5.41) is 0. The molecule has 0 aromatic carbocycles. The van der Waals surface area contributed by atoms with Crippen molar-refractivity contribution < 1.29 is 8.42 Å². The number of rotatable bonds is 5. The maximum Gasteiger partial charge on any atom is 0.250 e. The van der Waals surface area contributed by atoms with Gasteiger partial charge in [0.15, 0.2) is 0 Å². The SMILES string of the molecule is Cc1cc(S(=O)(=O)NCC(C)N2CCCCC2)sc1Br. The zero-order valence-electron chi connectivity index (χ0n) is 11.9. The normalized spacial score (nSPS) is 19.1. The van der Waals surface area contributed by atoms with Crippen LogP contribution in [-0.4, -0.2) is 39.0 Å². The fraction of sp³-hybridized carbons (Fsp3) is 0.692. The van der Waals surface area contributed by atoms with Crippen LogP contribution in [0.25, 0.3) is 0 Å². The van der Waals surface area contributed by atoms with Crippen molar-refractivity contribution in [1.82, 2.24) is 9.62 Å². The number of likely N-dealkylation sites (tertiary alicyclic amines) is 1. The minimum Gasteiger partial charge on any atom is -0.299 e. The molecule has 1 fully saturated rings. The predicted octanol–water partition coefficient (Wildman–Crippen LogP) is 2.97. The van der Waals surface area contributed by atoms with Gasteiger partial charge in [-0.05, 0) is 67.3 Å². The van der Waals surface area contributed by atoms with E-state index in [2.05, 4.69) is 32.5 Å². The van der Waals surface area contributed by atoms with Crippen LogP contribution in [0.1, 0.15) is 31.7 Å². The molecule has 1 atom stereocenters. The molecule has 1 N–H and O–H groups in total. The minimum atomic E-state index is -3.38. The van der Waals surface area contributed by atoms with Gasteiger partial charge >= 0.3 is 0 Å². The summed E-state index contributed by atoms with van der Waals surface area (Å²) in [5.41, 5.74) is 0.958. The molecule has 7 heteroatoms. The van der Waals surface area contributed by atoms with E-state index in [0.29, 0.717) is 10.8 Å². The molecule has 0 radical (unpaired) electrons. The van der Waals surface area contributed by atoms with Gasteiger partial charge in [0, 0.05) is 12.6 Å². The van der Waals surface area contributed by atoms with E-state index in [9.17, 15) is 8.42 Å². The van der Waals surface area contributed by atoms with E-state index in [-0.39, 0.29) is 6.04 Å². The molecule has 4 nitrogen and oxygen atoms in total. The van der Waals surface area contributed by atoms with Gasteiger partial charge < -0.3 is 0 Å². The first kappa shape index (κ1) is 16.4. The molecular weight excluding hydrogens is 360 g/mol. The molecule has 2 heterocycles. The van der Waals surface area contributed by atoms with Crippen LogP contribution in [0.3, 0.4) is 0 Å². The summed E-state index contributed by atoms with van der Waals surface area (Å²) in [6.07, 6.45) is 3.72. The summed E-state index contributed by atoms with van der Waals surface area (Å²) in [7, 11) is -3.38. The molecule has 1 unspecified atom stereocenters. The van der Waals surface area contributed by atoms with Crippen molar-refractivity contribution in [2.45, 2.75) is 43.4 Å². The molecule has 20 heavy (non-hydrogen) atoms. The zero-order valence-corrected chi connectivity index (χ0v) is 15.1. The van der Waals surface area contributed by atoms with Gasteiger partial charge in [0.1, 0.15) is 4.21 Å². The molecule has 0 saturated carbocycles. The Bertz CT molecular complexity index is 531. The fourth-order valence-electron chi connectivity index (χ4n) is 2.35. The highest BCUT2D eigenvalue weighted by atomic mass is 79.9. The van der Waals surface area contributed by atoms with E-state index in [1.165, 1.54) is 30.6 Å². The number of hydrogen-bond acceptors (Lipinski definition) is 4. The average molecular weight is 381 g/mol. The molecule has 1 aliphatic heterocycles. The van der Waals surface area contributed by atoms with Gasteiger partial charge in [-0.1, -0.05) is 6.42 Å². The first-order chi connectivity index (χ1) is 9.40. The van der Waals surface area contributed by atoms with Crippen LogP contribution in [0.5, 0.6) is 0 Å². The Balaban J connectivity index is 1.95. The van der Waals surface area contributed by atoms with Gasteiger partial charge in [-0.2, -0.15) is 0 Å². The number of sulfonamides is 1. The lowest BCUT2D eigenvalue weighted by molar-refractivity contribution is 0.175. The van der Waals surface area contributed by atoms with Crippen molar-refractivity contribution in [2.75, 3.05) is 19.6 Å². The molecule has 114 valence electrons. The molecule has 1 aromatic rings. The lowest BCUT2D eigenvalue weighted by Gasteiger charge is -2.32. The maximum absolute atomic E-state index is 12.2. The second-order valence-electron chi connectivity index (χ2n) is 5.32. The second-order valence-corrected chi connectivity index (χ2v) is 9.68. The summed E-state index contributed by atoms with van der Waals surface area (Å²) < 4.78 is 28.5. The third kappa shape index (κ3) is 4.04. The summed E-state index contributed by atoms with van der Waals surface area (Å²) >= 11 is 4.63. The highest BCUT2D eigenvalue weighted by molar-refractivity contribution is 9.11. The third-order valence-electron chi connectivity index (χ3n) is 3.68. The highest BCUT2D eigenvalue weighted by Crippen LogP contribution is 2.30. The second kappa shape index (κ2) is 6.87. The van der Waals surface area contributed by atoms with Gasteiger partial charge in [-0.15, -0.1) is 11.3 Å². The quantitative estimate of drug-likeness (QED) is 0.853. The molecular formula is C13H21BrN2O2S2. The number of nitrogens with zero attached hydrogens (tertiary/aromatic N) is 1. The number of nitrogens with one attached hydrogen (secondary N) is 1. The molecule has 1 aromatic heterocycles. The van der Waals surface area contributed by atoms with Crippen molar-refractivity contribution in [2.24, 2.45) is 0 Å². The topological polar surface area (TPSA) is 49.4 Å². The molecule has 0 amide bonds. The summed E-state index contributed by atoms with van der Waals surface area (Å²) in [6.45, 7) is 6.61. The predicted molar refractivity (Wildman–Crippen MR) is 86.8 cm³/mol. The van der Waals surface area contributed by atoms with E-state index in [1.807, 2.05) is 6.92 Å². The van der Waals surface area contributed by atoms with Gasteiger partial charge in [-0.3, -0.25) is 4.90 Å². The number of halogens is 1. The van der Waals surface area contributed by atoms with Crippen LogP contribution in [-0.2, 0) is 10.0 Å². The van der Waals surface area contributed by atoms with Crippen molar-refractivity contribution in [3.05, 3.63) is 15.4 Å². The Labute approximate surface area is 133 Å². The molecule has 0 aliphatic carbocycles. The van der Waals surface area contributed by atoms with E-state index in [1.54, 1.807) is 6.07 Å². The highest BCUT2D eigenvalue weighted by Gasteiger charge is 2.22. The van der Waals surface area contributed by atoms with Gasteiger partial charge in [0.25, 0.3) is 0 Å². The molecule has 1 aliphatic rings. The van der Waals surface area contributed by atoms with Crippen LogP contribution in [0.15, 0.2) is 14.1 Å². The smallest absolute Gasteiger partial charge is 0.250 e. The van der Waals surface area contributed by atoms with Crippen LogP contribution in [0, 0.1) is 6.92 Å². The van der Waals surface area contributed by atoms with Gasteiger partial charge in [0.2, 0.25) is 10.0 Å². The van der Waals surface area contributed by atoms with E-state index < -0.39 is 10.0 Å². The Morgan fingerprint density at radius 1 is 1.40 bits per heavy atom. The number of thiophene rings is 1. The van der Waals surface area contributed by atoms with Crippen LogP contribution in [0.4, 0.5) is 0 Å². The van der Waals surface area contributed by atoms with Crippen LogP contribution in [0.2, 0.25) is 0 Å². The summed E-state index contributed by atoms with van der Waals surface area (Å²) in [5.74, 6) is 0. The van der Waals surface area contributed by atoms with Gasteiger partial charge in [-0.25, -0.2) is 13.1 Å². The summed E-state index contributed by atoms with van der Waals surface area (Å²) in [4.78, 5) is 2.36. The average Bonchev–Trinajstić information content (AvgIpc) is 2.78. The van der Waals surface area contributed by atoms with Crippen LogP contribution >= 0.6 is 27.3 Å². The van der Waals surface area contributed by atoms with E-state index in [0.717, 1.165) is 22.4 Å². The Morgan fingerprint density at radius 2 is 2.05 bits per heavy atom. The first-order valence-corrected chi connectivity index (χ1v) is 9.99. The van der Waals surface area contributed by atoms with E-state index in [4.69, 9.17) is 0 Å². The van der Waals surface area contributed by atoms with Crippen molar-refractivity contribution in [3.8, 4) is 0 Å². The number of aryl methyl sites for hydroxylation is 1. The number of piperidine rings is 1. The first-order valence-electron chi connectivity index (χ1n) is 6.90. The van der Waals surface area contributed by atoms with Crippen molar-refractivity contribution in [1.29, 1.82) is 0 Å². The maximum atomic E-state index is 12.2. The lowest BCUT2D eigenvalue weighted by atomic mass is 10.1. The monoisotopic (exact) mass is 380 g/mol. The third-order valence-corrected chi connectivity index (χ3v) is 7.72. The van der Waals surface area contributed by atoms with Crippen LogP contribution < -0.4 is 4.72 Å². The molecule has 0 bridgehead atoms. The Kier molecular flexibility index (Phi) is 5.64.